The van der Waals surface area contributed by atoms with Crippen molar-refractivity contribution in [1.29, 1.82) is 0 Å². The number of rotatable bonds is 7. The van der Waals surface area contributed by atoms with Crippen molar-refractivity contribution >= 4 is 15.9 Å². The van der Waals surface area contributed by atoms with Crippen molar-refractivity contribution in [2.45, 2.75) is 32.9 Å². The number of ether oxygens (including phenoxy) is 1. The van der Waals surface area contributed by atoms with Crippen molar-refractivity contribution < 1.29 is 4.74 Å². The maximum atomic E-state index is 6.04. The van der Waals surface area contributed by atoms with Gasteiger partial charge in [-0.3, -0.25) is 0 Å². The second kappa shape index (κ2) is 8.20. The number of benzene rings is 2. The highest BCUT2D eigenvalue weighted by Crippen LogP contribution is 2.30. The molecular weight excluding hydrogens is 326 g/mol. The second-order valence-electron chi connectivity index (χ2n) is 5.11. The van der Waals surface area contributed by atoms with Gasteiger partial charge in [0.15, 0.2) is 0 Å². The van der Waals surface area contributed by atoms with Crippen molar-refractivity contribution in [3.8, 4) is 5.75 Å². The summed E-state index contributed by atoms with van der Waals surface area (Å²) in [7, 11) is 0. The van der Waals surface area contributed by atoms with Crippen molar-refractivity contribution in [2.75, 3.05) is 6.54 Å². The molecule has 0 aromatic heterocycles. The van der Waals surface area contributed by atoms with Crippen molar-refractivity contribution in [2.24, 2.45) is 0 Å². The molecule has 0 saturated carbocycles. The maximum Gasteiger partial charge on any atom is 0.134 e. The predicted octanol–water partition coefficient (Wildman–Crippen LogP) is 5.09. The lowest BCUT2D eigenvalue weighted by Crippen LogP contribution is -2.13. The van der Waals surface area contributed by atoms with Crippen LogP contribution in [0.4, 0.5) is 0 Å². The molecule has 0 aliphatic rings. The number of hydrogen-bond donors (Lipinski definition) is 1. The van der Waals surface area contributed by atoms with E-state index in [9.17, 15) is 0 Å². The Balaban J connectivity index is 2.00. The maximum absolute atomic E-state index is 6.04. The zero-order valence-electron chi connectivity index (χ0n) is 12.6. The topological polar surface area (TPSA) is 21.3 Å². The molecule has 1 unspecified atom stereocenters. The third-order valence-electron chi connectivity index (χ3n) is 3.32. The molecule has 0 bridgehead atoms. The van der Waals surface area contributed by atoms with Gasteiger partial charge in [0.1, 0.15) is 11.9 Å². The number of halogens is 1. The molecule has 0 saturated heterocycles. The van der Waals surface area contributed by atoms with E-state index in [0.717, 1.165) is 29.7 Å². The minimum Gasteiger partial charge on any atom is -0.485 e. The van der Waals surface area contributed by atoms with E-state index < -0.39 is 0 Å². The second-order valence-corrected chi connectivity index (χ2v) is 5.97. The first-order valence-electron chi connectivity index (χ1n) is 7.41. The Morgan fingerprint density at radius 2 is 1.90 bits per heavy atom. The Kier molecular flexibility index (Phi) is 6.27. The normalized spacial score (nSPS) is 12.1. The number of nitrogens with one attached hydrogen (secondary N) is 1. The molecule has 2 rings (SSSR count). The van der Waals surface area contributed by atoms with Crippen molar-refractivity contribution in [3.63, 3.8) is 0 Å². The molecular formula is C18H22BrNO. The standard InChI is InChI=1S/C18H22BrNO/c1-3-11-20-13-15-9-10-18(17(19)12-15)21-14(2)16-7-5-4-6-8-16/h4-10,12,14,20H,3,11,13H2,1-2H3. The molecule has 0 aliphatic carbocycles. The van der Waals surface area contributed by atoms with Gasteiger partial charge < -0.3 is 10.1 Å². The van der Waals surface area contributed by atoms with Crippen LogP contribution in [0.15, 0.2) is 53.0 Å². The molecule has 0 heterocycles. The SMILES string of the molecule is CCCNCc1ccc(OC(C)c2ccccc2)c(Br)c1. The van der Waals surface area contributed by atoms with Crippen LogP contribution in [-0.2, 0) is 6.54 Å². The van der Waals surface area contributed by atoms with Crippen molar-refractivity contribution in [1.82, 2.24) is 5.32 Å². The third kappa shape index (κ3) is 4.87. The first kappa shape index (κ1) is 16.1. The van der Waals surface area contributed by atoms with E-state index in [-0.39, 0.29) is 6.10 Å². The van der Waals surface area contributed by atoms with Gasteiger partial charge in [-0.15, -0.1) is 0 Å². The first-order valence-corrected chi connectivity index (χ1v) is 8.20. The van der Waals surface area contributed by atoms with Crippen LogP contribution in [-0.4, -0.2) is 6.54 Å². The summed E-state index contributed by atoms with van der Waals surface area (Å²) in [5.41, 5.74) is 2.44. The van der Waals surface area contributed by atoms with Crippen LogP contribution in [0.3, 0.4) is 0 Å². The van der Waals surface area contributed by atoms with Crippen LogP contribution in [0.1, 0.15) is 37.5 Å². The predicted molar refractivity (Wildman–Crippen MR) is 91.6 cm³/mol. The summed E-state index contributed by atoms with van der Waals surface area (Å²) < 4.78 is 7.05. The fraction of sp³-hybridized carbons (Fsp3) is 0.333. The molecule has 1 N–H and O–H groups in total. The lowest BCUT2D eigenvalue weighted by atomic mass is 10.1. The molecule has 0 spiro atoms. The van der Waals surface area contributed by atoms with Crippen LogP contribution < -0.4 is 10.1 Å². The lowest BCUT2D eigenvalue weighted by molar-refractivity contribution is 0.225. The van der Waals surface area contributed by atoms with E-state index in [2.05, 4.69) is 59.4 Å². The molecule has 0 aliphatic heterocycles. The highest BCUT2D eigenvalue weighted by Gasteiger charge is 2.09. The summed E-state index contributed by atoms with van der Waals surface area (Å²) in [5.74, 6) is 0.880. The third-order valence-corrected chi connectivity index (χ3v) is 3.94. The van der Waals surface area contributed by atoms with E-state index in [0.29, 0.717) is 0 Å². The molecule has 0 fully saturated rings. The quantitative estimate of drug-likeness (QED) is 0.704. The van der Waals surface area contributed by atoms with Crippen LogP contribution in [0.2, 0.25) is 0 Å². The Bertz CT molecular complexity index is 556. The molecule has 2 aromatic carbocycles. The van der Waals surface area contributed by atoms with E-state index >= 15 is 0 Å². The Hall–Kier alpha value is -1.32. The van der Waals surface area contributed by atoms with Gasteiger partial charge in [-0.25, -0.2) is 0 Å². The summed E-state index contributed by atoms with van der Waals surface area (Å²) in [6.45, 7) is 6.17. The average molecular weight is 348 g/mol. The monoisotopic (exact) mass is 347 g/mol. The zero-order valence-corrected chi connectivity index (χ0v) is 14.2. The van der Waals surface area contributed by atoms with E-state index in [4.69, 9.17) is 4.74 Å². The summed E-state index contributed by atoms with van der Waals surface area (Å²) in [4.78, 5) is 0. The lowest BCUT2D eigenvalue weighted by Gasteiger charge is -2.17. The first-order chi connectivity index (χ1) is 10.2. The van der Waals surface area contributed by atoms with Gasteiger partial charge in [0.25, 0.3) is 0 Å². The van der Waals surface area contributed by atoms with Gasteiger partial charge in [-0.2, -0.15) is 0 Å². The van der Waals surface area contributed by atoms with Crippen LogP contribution in [0, 0.1) is 0 Å². The van der Waals surface area contributed by atoms with Crippen LogP contribution in [0.5, 0.6) is 5.75 Å². The van der Waals surface area contributed by atoms with Gasteiger partial charge >= 0.3 is 0 Å². The van der Waals surface area contributed by atoms with Gasteiger partial charge in [-0.1, -0.05) is 43.3 Å². The van der Waals surface area contributed by atoms with Gasteiger partial charge in [0, 0.05) is 6.54 Å². The molecule has 0 radical (unpaired) electrons. The zero-order chi connectivity index (χ0) is 15.1. The van der Waals surface area contributed by atoms with E-state index in [1.165, 1.54) is 11.1 Å². The largest absolute Gasteiger partial charge is 0.485 e. The summed E-state index contributed by atoms with van der Waals surface area (Å²) >= 11 is 3.60. The van der Waals surface area contributed by atoms with Gasteiger partial charge in [-0.05, 0) is 59.1 Å². The number of hydrogen-bond acceptors (Lipinski definition) is 2. The molecule has 2 nitrogen and oxygen atoms in total. The summed E-state index contributed by atoms with van der Waals surface area (Å²) in [5, 5.41) is 3.40. The minimum atomic E-state index is 0.0339. The molecule has 0 amide bonds. The average Bonchev–Trinajstić information content (AvgIpc) is 2.51. The molecule has 2 aromatic rings. The Morgan fingerprint density at radius 3 is 2.57 bits per heavy atom. The van der Waals surface area contributed by atoms with Gasteiger partial charge in [0.05, 0.1) is 4.47 Å². The fourth-order valence-electron chi connectivity index (χ4n) is 2.14. The van der Waals surface area contributed by atoms with Crippen molar-refractivity contribution in [3.05, 3.63) is 64.1 Å². The Morgan fingerprint density at radius 1 is 1.14 bits per heavy atom. The smallest absolute Gasteiger partial charge is 0.134 e. The highest BCUT2D eigenvalue weighted by atomic mass is 79.9. The molecule has 3 heteroatoms. The molecule has 1 atom stereocenters. The summed E-state index contributed by atoms with van der Waals surface area (Å²) in [6, 6.07) is 16.5. The highest BCUT2D eigenvalue weighted by molar-refractivity contribution is 9.10. The van der Waals surface area contributed by atoms with E-state index in [1.807, 2.05) is 24.3 Å². The minimum absolute atomic E-state index is 0.0339. The van der Waals surface area contributed by atoms with Crippen LogP contribution in [0.25, 0.3) is 0 Å². The van der Waals surface area contributed by atoms with Gasteiger partial charge in [0.2, 0.25) is 0 Å². The van der Waals surface area contributed by atoms with Crippen LogP contribution >= 0.6 is 15.9 Å². The fourth-order valence-corrected chi connectivity index (χ4v) is 2.66. The molecule has 112 valence electrons. The van der Waals surface area contributed by atoms with E-state index in [1.54, 1.807) is 0 Å². The Labute approximate surface area is 135 Å². The molecule has 21 heavy (non-hydrogen) atoms. The summed E-state index contributed by atoms with van der Waals surface area (Å²) in [6.07, 6.45) is 1.18.